The molecule has 2 aromatic heterocycles. The fourth-order valence-corrected chi connectivity index (χ4v) is 3.64. The Balaban J connectivity index is 1.82. The van der Waals surface area contributed by atoms with Crippen molar-refractivity contribution in [3.8, 4) is 0 Å². The molecule has 1 amide bonds. The van der Waals surface area contributed by atoms with E-state index in [9.17, 15) is 4.79 Å². The number of hydrogen-bond donors (Lipinski definition) is 0. The van der Waals surface area contributed by atoms with Gasteiger partial charge in [-0.3, -0.25) is 19.1 Å². The minimum atomic E-state index is 0.148. The lowest BCUT2D eigenvalue weighted by Crippen LogP contribution is -2.35. The molecule has 118 valence electrons. The summed E-state index contributed by atoms with van der Waals surface area (Å²) in [6, 6.07) is 0. The Morgan fingerprint density at radius 1 is 1.50 bits per heavy atom. The Bertz CT molecular complexity index is 711. The van der Waals surface area contributed by atoms with E-state index in [0.29, 0.717) is 12.5 Å². The van der Waals surface area contributed by atoms with Crippen LogP contribution in [-0.4, -0.2) is 63.8 Å². The zero-order chi connectivity index (χ0) is 15.9. The third-order valence-corrected chi connectivity index (χ3v) is 4.77. The van der Waals surface area contributed by atoms with E-state index < -0.39 is 0 Å². The second-order valence-corrected chi connectivity index (χ2v) is 6.75. The first-order chi connectivity index (χ1) is 10.5. The van der Waals surface area contributed by atoms with Gasteiger partial charge in [0.15, 0.2) is 0 Å². The van der Waals surface area contributed by atoms with Gasteiger partial charge in [0.1, 0.15) is 15.9 Å². The topological polar surface area (TPSA) is 53.7 Å². The van der Waals surface area contributed by atoms with E-state index in [1.54, 1.807) is 19.0 Å². The maximum absolute atomic E-state index is 11.9. The highest BCUT2D eigenvalue weighted by Gasteiger charge is 2.29. The first-order valence-corrected chi connectivity index (χ1v) is 8.18. The molecule has 0 spiro atoms. The van der Waals surface area contributed by atoms with Crippen molar-refractivity contribution >= 4 is 27.4 Å². The number of fused-ring (bicyclic) bond motifs is 1. The third-order valence-electron chi connectivity index (χ3n) is 4.22. The highest BCUT2D eigenvalue weighted by Crippen LogP contribution is 2.30. The molecule has 1 saturated heterocycles. The molecular weight excluding hydrogens is 346 g/mol. The molecule has 3 rings (SSSR count). The summed E-state index contributed by atoms with van der Waals surface area (Å²) in [7, 11) is 3.59. The number of nitrogens with zero attached hydrogens (tertiary/aromatic N) is 5. The summed E-state index contributed by atoms with van der Waals surface area (Å²) in [6.45, 7) is 4.27. The van der Waals surface area contributed by atoms with Gasteiger partial charge in [-0.05, 0) is 35.8 Å². The summed E-state index contributed by atoms with van der Waals surface area (Å²) in [4.78, 5) is 24.7. The fraction of sp³-hybridized carbons (Fsp3) is 0.533. The molecule has 1 fully saturated rings. The van der Waals surface area contributed by atoms with Crippen LogP contribution in [0.15, 0.2) is 17.0 Å². The van der Waals surface area contributed by atoms with Gasteiger partial charge in [0.05, 0.1) is 12.2 Å². The maximum Gasteiger partial charge on any atom is 0.236 e. The monoisotopic (exact) mass is 365 g/mol. The molecule has 0 aromatic carbocycles. The van der Waals surface area contributed by atoms with Crippen LogP contribution in [0, 0.1) is 6.92 Å². The lowest BCUT2D eigenvalue weighted by Gasteiger charge is -2.18. The standard InChI is InChI=1S/C15H20BrN5O/c1-10-13-14(16)18-15(21(13)7-5-17-10)11-4-6-20(8-11)9-12(22)19(2)3/h5,7,11H,4,6,8-9H2,1-3H3/t11-/m1/s1. The number of carbonyl (C=O) groups is 1. The van der Waals surface area contributed by atoms with Gasteiger partial charge in [-0.15, -0.1) is 0 Å². The summed E-state index contributed by atoms with van der Waals surface area (Å²) in [5, 5.41) is 0. The van der Waals surface area contributed by atoms with Crippen molar-refractivity contribution in [2.24, 2.45) is 0 Å². The van der Waals surface area contributed by atoms with Gasteiger partial charge in [-0.2, -0.15) is 0 Å². The zero-order valence-corrected chi connectivity index (χ0v) is 14.7. The molecule has 1 aliphatic rings. The van der Waals surface area contributed by atoms with E-state index in [-0.39, 0.29) is 5.91 Å². The molecule has 6 nitrogen and oxygen atoms in total. The van der Waals surface area contributed by atoms with E-state index in [1.165, 1.54) is 0 Å². The molecule has 0 bridgehead atoms. The van der Waals surface area contributed by atoms with Crippen molar-refractivity contribution in [2.45, 2.75) is 19.3 Å². The quantitative estimate of drug-likeness (QED) is 0.830. The van der Waals surface area contributed by atoms with Crippen molar-refractivity contribution in [1.29, 1.82) is 0 Å². The summed E-state index contributed by atoms with van der Waals surface area (Å²) in [5.74, 6) is 1.54. The summed E-state index contributed by atoms with van der Waals surface area (Å²) >= 11 is 3.54. The number of carbonyl (C=O) groups excluding carboxylic acids is 1. The molecule has 7 heteroatoms. The van der Waals surface area contributed by atoms with Crippen LogP contribution in [-0.2, 0) is 4.79 Å². The second kappa shape index (κ2) is 5.96. The van der Waals surface area contributed by atoms with Crippen LogP contribution in [0.3, 0.4) is 0 Å². The Hall–Kier alpha value is -1.47. The Kier molecular flexibility index (Phi) is 4.18. The molecule has 0 radical (unpaired) electrons. The Labute approximate surface area is 138 Å². The largest absolute Gasteiger partial charge is 0.348 e. The number of aromatic nitrogens is 3. The number of halogens is 1. The van der Waals surface area contributed by atoms with Crippen LogP contribution in [0.25, 0.3) is 5.52 Å². The van der Waals surface area contributed by atoms with Crippen LogP contribution < -0.4 is 0 Å². The van der Waals surface area contributed by atoms with Crippen LogP contribution in [0.4, 0.5) is 0 Å². The molecule has 0 saturated carbocycles. The molecule has 22 heavy (non-hydrogen) atoms. The highest BCUT2D eigenvalue weighted by atomic mass is 79.9. The van der Waals surface area contributed by atoms with Crippen molar-refractivity contribution in [2.75, 3.05) is 33.7 Å². The van der Waals surface area contributed by atoms with Crippen LogP contribution >= 0.6 is 15.9 Å². The molecule has 0 unspecified atom stereocenters. The molecule has 1 atom stereocenters. The van der Waals surface area contributed by atoms with Gasteiger partial charge < -0.3 is 4.90 Å². The lowest BCUT2D eigenvalue weighted by atomic mass is 10.1. The number of hydrogen-bond acceptors (Lipinski definition) is 4. The average molecular weight is 366 g/mol. The highest BCUT2D eigenvalue weighted by molar-refractivity contribution is 9.10. The maximum atomic E-state index is 11.9. The van der Waals surface area contributed by atoms with Gasteiger partial charge in [0, 0.05) is 39.0 Å². The van der Waals surface area contributed by atoms with Crippen molar-refractivity contribution in [1.82, 2.24) is 24.2 Å². The predicted octanol–water partition coefficient (Wildman–Crippen LogP) is 1.68. The minimum absolute atomic E-state index is 0.148. The first-order valence-electron chi connectivity index (χ1n) is 7.39. The molecule has 0 N–H and O–H groups in total. The number of likely N-dealkylation sites (tertiary alicyclic amines) is 1. The van der Waals surface area contributed by atoms with E-state index in [0.717, 1.165) is 41.1 Å². The molecule has 1 aliphatic heterocycles. The number of imidazole rings is 1. The van der Waals surface area contributed by atoms with E-state index in [4.69, 9.17) is 4.98 Å². The smallest absolute Gasteiger partial charge is 0.236 e. The van der Waals surface area contributed by atoms with Gasteiger partial charge in [-0.1, -0.05) is 0 Å². The van der Waals surface area contributed by atoms with Crippen molar-refractivity contribution in [3.63, 3.8) is 0 Å². The number of aryl methyl sites for hydroxylation is 1. The van der Waals surface area contributed by atoms with Crippen LogP contribution in [0.2, 0.25) is 0 Å². The molecular formula is C15H20BrN5O. The second-order valence-electron chi connectivity index (χ2n) is 6.00. The number of likely N-dealkylation sites (N-methyl/N-ethyl adjacent to an activating group) is 1. The zero-order valence-electron chi connectivity index (χ0n) is 13.1. The SMILES string of the molecule is Cc1nccn2c([C@@H]3CCN(CC(=O)N(C)C)C3)nc(Br)c12. The van der Waals surface area contributed by atoms with Crippen molar-refractivity contribution in [3.05, 3.63) is 28.5 Å². The van der Waals surface area contributed by atoms with E-state index >= 15 is 0 Å². The van der Waals surface area contributed by atoms with Gasteiger partial charge >= 0.3 is 0 Å². The van der Waals surface area contributed by atoms with Crippen LogP contribution in [0.1, 0.15) is 23.9 Å². The van der Waals surface area contributed by atoms with Gasteiger partial charge in [-0.25, -0.2) is 4.98 Å². The normalized spacial score (nSPS) is 19.0. The van der Waals surface area contributed by atoms with E-state index in [1.807, 2.05) is 19.3 Å². The lowest BCUT2D eigenvalue weighted by molar-refractivity contribution is -0.129. The minimum Gasteiger partial charge on any atom is -0.348 e. The summed E-state index contributed by atoms with van der Waals surface area (Å²) in [5.41, 5.74) is 1.99. The number of amides is 1. The average Bonchev–Trinajstić information content (AvgIpc) is 3.04. The van der Waals surface area contributed by atoms with Gasteiger partial charge in [0.25, 0.3) is 0 Å². The summed E-state index contributed by atoms with van der Waals surface area (Å²) in [6.07, 6.45) is 4.79. The van der Waals surface area contributed by atoms with Crippen LogP contribution in [0.5, 0.6) is 0 Å². The Morgan fingerprint density at radius 3 is 3.00 bits per heavy atom. The first kappa shape index (κ1) is 15.4. The summed E-state index contributed by atoms with van der Waals surface area (Å²) < 4.78 is 2.96. The molecule has 0 aliphatic carbocycles. The predicted molar refractivity (Wildman–Crippen MR) is 87.9 cm³/mol. The molecule has 3 heterocycles. The Morgan fingerprint density at radius 2 is 2.27 bits per heavy atom. The molecule has 2 aromatic rings. The third kappa shape index (κ3) is 2.75. The van der Waals surface area contributed by atoms with Crippen molar-refractivity contribution < 1.29 is 4.79 Å². The fourth-order valence-electron chi connectivity index (χ4n) is 2.98. The van der Waals surface area contributed by atoms with E-state index in [2.05, 4.69) is 30.2 Å². The van der Waals surface area contributed by atoms with Gasteiger partial charge in [0.2, 0.25) is 5.91 Å². The number of rotatable bonds is 3.